The summed E-state index contributed by atoms with van der Waals surface area (Å²) in [5, 5.41) is 2.13. The Morgan fingerprint density at radius 3 is 1.72 bits per heavy atom. The normalized spacial score (nSPS) is 14.1. The van der Waals surface area contributed by atoms with Crippen LogP contribution in [0.1, 0.15) is 74.7 Å². The molecular formula is C16H33NO. The highest BCUT2D eigenvalue weighted by Gasteiger charge is 2.36. The van der Waals surface area contributed by atoms with Gasteiger partial charge in [0.15, 0.2) is 0 Å². The molecule has 0 saturated heterocycles. The van der Waals surface area contributed by atoms with E-state index in [-0.39, 0.29) is 16.7 Å². The van der Waals surface area contributed by atoms with Gasteiger partial charge in [-0.05, 0) is 74.7 Å². The van der Waals surface area contributed by atoms with Crippen LogP contribution >= 0.6 is 0 Å². The lowest BCUT2D eigenvalue weighted by atomic mass is 9.98. The Labute approximate surface area is 114 Å². The summed E-state index contributed by atoms with van der Waals surface area (Å²) in [4.78, 5) is 6.31. The maximum Gasteiger partial charge on any atom is 0.0844 e. The molecule has 0 atom stereocenters. The van der Waals surface area contributed by atoms with E-state index in [1.165, 1.54) is 0 Å². The fourth-order valence-corrected chi connectivity index (χ4v) is 2.24. The summed E-state index contributed by atoms with van der Waals surface area (Å²) in [6.07, 6.45) is 5.19. The maximum absolute atomic E-state index is 6.31. The molecule has 0 rings (SSSR count). The second-order valence-electron chi connectivity index (χ2n) is 7.67. The number of hydroxylamine groups is 2. The lowest BCUT2D eigenvalue weighted by molar-refractivity contribution is -0.312. The predicted molar refractivity (Wildman–Crippen MR) is 80.6 cm³/mol. The minimum atomic E-state index is -0.135. The van der Waals surface area contributed by atoms with Crippen LogP contribution in [-0.2, 0) is 4.84 Å². The van der Waals surface area contributed by atoms with Gasteiger partial charge in [-0.2, -0.15) is 5.06 Å². The summed E-state index contributed by atoms with van der Waals surface area (Å²) in [6, 6.07) is 0. The zero-order chi connectivity index (χ0) is 14.6. The Bertz CT molecular complexity index is 241. The molecule has 0 aliphatic rings. The van der Waals surface area contributed by atoms with E-state index in [9.17, 15) is 0 Å². The van der Waals surface area contributed by atoms with Crippen LogP contribution in [0.5, 0.6) is 0 Å². The first-order valence-electron chi connectivity index (χ1n) is 7.00. The summed E-state index contributed by atoms with van der Waals surface area (Å²) < 4.78 is 0. The van der Waals surface area contributed by atoms with Gasteiger partial charge in [0.2, 0.25) is 0 Å². The Hall–Kier alpha value is -0.340. The van der Waals surface area contributed by atoms with Crippen LogP contribution in [0.2, 0.25) is 0 Å². The fourth-order valence-electron chi connectivity index (χ4n) is 2.24. The van der Waals surface area contributed by atoms with Gasteiger partial charge in [-0.15, -0.1) is 6.58 Å². The largest absolute Gasteiger partial charge is 0.292 e. The van der Waals surface area contributed by atoms with Crippen LogP contribution in [0, 0.1) is 0 Å². The second-order valence-corrected chi connectivity index (χ2v) is 7.67. The number of unbranched alkanes of at least 4 members (excludes halogenated alkanes) is 1. The summed E-state index contributed by atoms with van der Waals surface area (Å²) in [5.41, 5.74) is -0.147. The minimum absolute atomic E-state index is 0.00600. The number of nitrogens with zero attached hydrogens (tertiary/aromatic N) is 1. The lowest BCUT2D eigenvalue weighted by Crippen LogP contribution is -2.55. The van der Waals surface area contributed by atoms with Crippen molar-refractivity contribution in [1.82, 2.24) is 5.06 Å². The molecule has 2 heteroatoms. The van der Waals surface area contributed by atoms with Crippen LogP contribution in [0.15, 0.2) is 12.7 Å². The van der Waals surface area contributed by atoms with E-state index < -0.39 is 0 Å². The third kappa shape index (κ3) is 6.55. The average molecular weight is 255 g/mol. The summed E-state index contributed by atoms with van der Waals surface area (Å²) >= 11 is 0. The van der Waals surface area contributed by atoms with Crippen LogP contribution < -0.4 is 0 Å². The van der Waals surface area contributed by atoms with Gasteiger partial charge in [0.1, 0.15) is 0 Å². The summed E-state index contributed by atoms with van der Waals surface area (Å²) in [5.74, 6) is 0. The van der Waals surface area contributed by atoms with Crippen molar-refractivity contribution < 1.29 is 4.84 Å². The molecule has 0 aromatic rings. The molecule has 0 radical (unpaired) electrons. The van der Waals surface area contributed by atoms with Crippen molar-refractivity contribution in [3.05, 3.63) is 12.7 Å². The van der Waals surface area contributed by atoms with E-state index >= 15 is 0 Å². The van der Waals surface area contributed by atoms with Crippen molar-refractivity contribution in [3.8, 4) is 0 Å². The molecule has 0 spiro atoms. The molecular weight excluding hydrogens is 222 g/mol. The Morgan fingerprint density at radius 2 is 1.39 bits per heavy atom. The third-order valence-electron chi connectivity index (χ3n) is 2.74. The predicted octanol–water partition coefficient (Wildman–Crippen LogP) is 4.95. The van der Waals surface area contributed by atoms with E-state index in [4.69, 9.17) is 4.84 Å². The van der Waals surface area contributed by atoms with Crippen molar-refractivity contribution in [2.45, 2.75) is 91.3 Å². The zero-order valence-electron chi connectivity index (χ0n) is 13.8. The van der Waals surface area contributed by atoms with E-state index in [0.29, 0.717) is 0 Å². The molecule has 0 saturated carbocycles. The Balaban J connectivity index is 4.72. The van der Waals surface area contributed by atoms with Crippen LogP contribution in [-0.4, -0.2) is 21.7 Å². The number of allylic oxidation sites excluding steroid dienone is 1. The van der Waals surface area contributed by atoms with Crippen LogP contribution in [0.3, 0.4) is 0 Å². The molecule has 0 bridgehead atoms. The first kappa shape index (κ1) is 17.7. The Morgan fingerprint density at radius 1 is 0.944 bits per heavy atom. The molecule has 2 nitrogen and oxygen atoms in total. The molecule has 0 N–H and O–H groups in total. The van der Waals surface area contributed by atoms with Gasteiger partial charge in [0.05, 0.1) is 5.60 Å². The maximum atomic E-state index is 6.31. The van der Waals surface area contributed by atoms with Gasteiger partial charge in [0.25, 0.3) is 0 Å². The molecule has 0 aliphatic heterocycles. The molecule has 0 aromatic heterocycles. The molecule has 0 heterocycles. The molecule has 18 heavy (non-hydrogen) atoms. The van der Waals surface area contributed by atoms with E-state index in [0.717, 1.165) is 19.3 Å². The highest BCUT2D eigenvalue weighted by Crippen LogP contribution is 2.30. The second kappa shape index (κ2) is 6.21. The van der Waals surface area contributed by atoms with Crippen molar-refractivity contribution in [3.63, 3.8) is 0 Å². The quantitative estimate of drug-likeness (QED) is 0.378. The van der Waals surface area contributed by atoms with Crippen molar-refractivity contribution in [1.29, 1.82) is 0 Å². The lowest BCUT2D eigenvalue weighted by Gasteiger charge is -2.47. The molecule has 0 amide bonds. The monoisotopic (exact) mass is 255 g/mol. The average Bonchev–Trinajstić information content (AvgIpc) is 2.11. The summed E-state index contributed by atoms with van der Waals surface area (Å²) in [7, 11) is 0. The first-order valence-corrected chi connectivity index (χ1v) is 7.00. The van der Waals surface area contributed by atoms with E-state index in [2.05, 4.69) is 67.0 Å². The van der Waals surface area contributed by atoms with Gasteiger partial charge in [0, 0.05) is 11.1 Å². The molecule has 108 valence electrons. The SMILES string of the molecule is C=CCCCC(C)(C)ON(C(C)(C)C)C(C)(C)C. The van der Waals surface area contributed by atoms with Crippen molar-refractivity contribution in [2.75, 3.05) is 0 Å². The van der Waals surface area contributed by atoms with Gasteiger partial charge in [-0.25, -0.2) is 0 Å². The van der Waals surface area contributed by atoms with Crippen LogP contribution in [0.4, 0.5) is 0 Å². The zero-order valence-corrected chi connectivity index (χ0v) is 13.8. The number of hydrogen-bond acceptors (Lipinski definition) is 2. The fraction of sp³-hybridized carbons (Fsp3) is 0.875. The van der Waals surface area contributed by atoms with Gasteiger partial charge in [-0.1, -0.05) is 6.08 Å². The standard InChI is InChI=1S/C16H33NO/c1-10-11-12-13-16(8,9)18-17(14(2,3)4)15(5,6)7/h10H,1,11-13H2,2-9H3. The Kier molecular flexibility index (Phi) is 6.09. The topological polar surface area (TPSA) is 12.5 Å². The van der Waals surface area contributed by atoms with Gasteiger partial charge >= 0.3 is 0 Å². The molecule has 0 aliphatic carbocycles. The minimum Gasteiger partial charge on any atom is -0.292 e. The third-order valence-corrected chi connectivity index (χ3v) is 2.74. The van der Waals surface area contributed by atoms with Gasteiger partial charge < -0.3 is 0 Å². The smallest absolute Gasteiger partial charge is 0.0844 e. The highest BCUT2D eigenvalue weighted by molar-refractivity contribution is 4.83. The van der Waals surface area contributed by atoms with E-state index in [1.54, 1.807) is 0 Å². The number of rotatable bonds is 6. The first-order chi connectivity index (χ1) is 7.90. The molecule has 0 unspecified atom stereocenters. The molecule has 0 aromatic carbocycles. The highest BCUT2D eigenvalue weighted by atomic mass is 16.7. The number of hydrogen-bond donors (Lipinski definition) is 0. The van der Waals surface area contributed by atoms with Crippen molar-refractivity contribution >= 4 is 0 Å². The van der Waals surface area contributed by atoms with Crippen LogP contribution in [0.25, 0.3) is 0 Å². The van der Waals surface area contributed by atoms with E-state index in [1.807, 2.05) is 6.08 Å². The van der Waals surface area contributed by atoms with Gasteiger partial charge in [-0.3, -0.25) is 4.84 Å². The van der Waals surface area contributed by atoms with Crippen molar-refractivity contribution in [2.24, 2.45) is 0 Å². The summed E-state index contributed by atoms with van der Waals surface area (Å²) in [6.45, 7) is 21.3. The molecule has 0 fully saturated rings.